The van der Waals surface area contributed by atoms with Crippen molar-refractivity contribution in [1.29, 1.82) is 0 Å². The van der Waals surface area contributed by atoms with Gasteiger partial charge in [0.15, 0.2) is 0 Å². The Hall–Kier alpha value is -0.790. The number of esters is 1. The number of carbonyl (C=O) groups excluding carboxylic acids is 1. The second kappa shape index (κ2) is 8.60. The molecule has 120 valence electrons. The van der Waals surface area contributed by atoms with Gasteiger partial charge in [0.2, 0.25) is 0 Å². The molecule has 0 aromatic heterocycles. The molecule has 0 aromatic rings. The predicted octanol–water partition coefficient (Wildman–Crippen LogP) is 5.27. The van der Waals surface area contributed by atoms with Gasteiger partial charge >= 0.3 is 5.97 Å². The zero-order valence-corrected chi connectivity index (χ0v) is 13.7. The van der Waals surface area contributed by atoms with E-state index in [0.717, 1.165) is 30.6 Å². The summed E-state index contributed by atoms with van der Waals surface area (Å²) in [7, 11) is 0. The molecule has 2 nitrogen and oxygen atoms in total. The molecular formula is C19H32O2. The van der Waals surface area contributed by atoms with Gasteiger partial charge in [0, 0.05) is 0 Å². The summed E-state index contributed by atoms with van der Waals surface area (Å²) in [6.45, 7) is 5.89. The first kappa shape index (κ1) is 16.6. The SMILES string of the molecule is C=CCC(=O)O[C@H]1CC[C@H]([C@H]2CC[C@H](CCC)CC2)CC1. The number of ether oxygens (including phenoxy) is 1. The van der Waals surface area contributed by atoms with Crippen LogP contribution in [0.25, 0.3) is 0 Å². The molecule has 0 atom stereocenters. The van der Waals surface area contributed by atoms with Crippen molar-refractivity contribution in [2.24, 2.45) is 17.8 Å². The standard InChI is InChI=1S/C19H32O2/c1-3-5-15-7-9-16(10-8-15)17-11-13-18(14-12-17)21-19(20)6-4-2/h4,15-18H,2-3,5-14H2,1H3/t15-,16-,17-,18-. The molecule has 0 aromatic carbocycles. The van der Waals surface area contributed by atoms with Gasteiger partial charge in [0.05, 0.1) is 6.42 Å². The summed E-state index contributed by atoms with van der Waals surface area (Å²) in [5.41, 5.74) is 0. The van der Waals surface area contributed by atoms with Crippen LogP contribution in [0.2, 0.25) is 0 Å². The molecule has 2 heteroatoms. The molecule has 2 rings (SSSR count). The van der Waals surface area contributed by atoms with Gasteiger partial charge in [-0.25, -0.2) is 0 Å². The van der Waals surface area contributed by atoms with Gasteiger partial charge in [-0.1, -0.05) is 38.7 Å². The third kappa shape index (κ3) is 5.16. The minimum Gasteiger partial charge on any atom is -0.462 e. The van der Waals surface area contributed by atoms with Crippen molar-refractivity contribution in [1.82, 2.24) is 0 Å². The van der Waals surface area contributed by atoms with Crippen molar-refractivity contribution in [2.45, 2.75) is 83.7 Å². The Morgan fingerprint density at radius 2 is 1.62 bits per heavy atom. The van der Waals surface area contributed by atoms with Crippen molar-refractivity contribution in [3.05, 3.63) is 12.7 Å². The molecule has 0 saturated heterocycles. The molecule has 0 unspecified atom stereocenters. The van der Waals surface area contributed by atoms with Crippen molar-refractivity contribution in [3.63, 3.8) is 0 Å². The number of carbonyl (C=O) groups is 1. The third-order valence-electron chi connectivity index (χ3n) is 5.58. The van der Waals surface area contributed by atoms with Crippen LogP contribution in [0.5, 0.6) is 0 Å². The molecule has 2 aliphatic carbocycles. The highest BCUT2D eigenvalue weighted by Gasteiger charge is 2.31. The maximum Gasteiger partial charge on any atom is 0.309 e. The summed E-state index contributed by atoms with van der Waals surface area (Å²) in [6.07, 6.45) is 15.4. The molecule has 0 N–H and O–H groups in total. The Bertz CT molecular complexity index is 320. The van der Waals surface area contributed by atoms with E-state index in [2.05, 4.69) is 13.5 Å². The van der Waals surface area contributed by atoms with Gasteiger partial charge in [-0.05, 0) is 56.3 Å². The van der Waals surface area contributed by atoms with Crippen molar-refractivity contribution in [3.8, 4) is 0 Å². The van der Waals surface area contributed by atoms with Crippen LogP contribution in [0, 0.1) is 17.8 Å². The first-order valence-corrected chi connectivity index (χ1v) is 9.03. The van der Waals surface area contributed by atoms with E-state index in [1.165, 1.54) is 51.4 Å². The maximum atomic E-state index is 11.5. The molecule has 0 heterocycles. The average Bonchev–Trinajstić information content (AvgIpc) is 2.49. The Balaban J connectivity index is 1.67. The van der Waals surface area contributed by atoms with Crippen molar-refractivity contribution in [2.75, 3.05) is 0 Å². The zero-order chi connectivity index (χ0) is 15.1. The molecule has 21 heavy (non-hydrogen) atoms. The molecule has 0 spiro atoms. The van der Waals surface area contributed by atoms with E-state index in [-0.39, 0.29) is 12.1 Å². The molecule has 2 fully saturated rings. The predicted molar refractivity (Wildman–Crippen MR) is 87.0 cm³/mol. The molecular weight excluding hydrogens is 260 g/mol. The third-order valence-corrected chi connectivity index (χ3v) is 5.58. The van der Waals surface area contributed by atoms with Crippen LogP contribution in [-0.4, -0.2) is 12.1 Å². The normalized spacial score (nSPS) is 33.4. The largest absolute Gasteiger partial charge is 0.462 e. The van der Waals surface area contributed by atoms with Crippen LogP contribution in [0.15, 0.2) is 12.7 Å². The fourth-order valence-electron chi connectivity index (χ4n) is 4.39. The molecule has 2 saturated carbocycles. The molecule has 2 aliphatic rings. The Morgan fingerprint density at radius 1 is 1.05 bits per heavy atom. The van der Waals surface area contributed by atoms with Crippen LogP contribution in [0.4, 0.5) is 0 Å². The van der Waals surface area contributed by atoms with E-state index in [4.69, 9.17) is 4.74 Å². The number of hydrogen-bond donors (Lipinski definition) is 0. The Labute approximate surface area is 130 Å². The Morgan fingerprint density at radius 3 is 2.14 bits per heavy atom. The Kier molecular flexibility index (Phi) is 6.79. The van der Waals surface area contributed by atoms with Gasteiger partial charge in [-0.15, -0.1) is 6.58 Å². The van der Waals surface area contributed by atoms with Gasteiger partial charge in [-0.3, -0.25) is 4.79 Å². The summed E-state index contributed by atoms with van der Waals surface area (Å²) in [5, 5.41) is 0. The summed E-state index contributed by atoms with van der Waals surface area (Å²) in [6, 6.07) is 0. The van der Waals surface area contributed by atoms with Gasteiger partial charge < -0.3 is 4.74 Å². The van der Waals surface area contributed by atoms with Gasteiger partial charge in [0.1, 0.15) is 6.10 Å². The highest BCUT2D eigenvalue weighted by atomic mass is 16.5. The van der Waals surface area contributed by atoms with Crippen molar-refractivity contribution < 1.29 is 9.53 Å². The van der Waals surface area contributed by atoms with Gasteiger partial charge in [-0.2, -0.15) is 0 Å². The lowest BCUT2D eigenvalue weighted by Crippen LogP contribution is -2.29. The first-order chi connectivity index (χ1) is 10.2. The van der Waals surface area contributed by atoms with E-state index in [0.29, 0.717) is 6.42 Å². The summed E-state index contributed by atoms with van der Waals surface area (Å²) >= 11 is 0. The quantitative estimate of drug-likeness (QED) is 0.492. The van der Waals surface area contributed by atoms with E-state index in [1.807, 2.05) is 0 Å². The van der Waals surface area contributed by atoms with Crippen LogP contribution in [0.1, 0.15) is 77.6 Å². The van der Waals surface area contributed by atoms with Crippen LogP contribution in [0.3, 0.4) is 0 Å². The summed E-state index contributed by atoms with van der Waals surface area (Å²) in [5.74, 6) is 2.74. The summed E-state index contributed by atoms with van der Waals surface area (Å²) in [4.78, 5) is 11.5. The second-order valence-electron chi connectivity index (χ2n) is 7.09. The first-order valence-electron chi connectivity index (χ1n) is 9.03. The van der Waals surface area contributed by atoms with E-state index < -0.39 is 0 Å². The lowest BCUT2D eigenvalue weighted by Gasteiger charge is -2.37. The van der Waals surface area contributed by atoms with Gasteiger partial charge in [0.25, 0.3) is 0 Å². The average molecular weight is 292 g/mol. The fraction of sp³-hybridized carbons (Fsp3) is 0.842. The lowest BCUT2D eigenvalue weighted by atomic mass is 9.70. The van der Waals surface area contributed by atoms with Crippen LogP contribution < -0.4 is 0 Å². The van der Waals surface area contributed by atoms with Crippen LogP contribution in [-0.2, 0) is 9.53 Å². The second-order valence-corrected chi connectivity index (χ2v) is 7.09. The maximum absolute atomic E-state index is 11.5. The zero-order valence-electron chi connectivity index (χ0n) is 13.7. The fourth-order valence-corrected chi connectivity index (χ4v) is 4.39. The minimum absolute atomic E-state index is 0.103. The highest BCUT2D eigenvalue weighted by molar-refractivity contribution is 5.71. The summed E-state index contributed by atoms with van der Waals surface area (Å²) < 4.78 is 5.51. The molecule has 0 bridgehead atoms. The van der Waals surface area contributed by atoms with E-state index >= 15 is 0 Å². The molecule has 0 radical (unpaired) electrons. The van der Waals surface area contributed by atoms with E-state index in [9.17, 15) is 4.79 Å². The van der Waals surface area contributed by atoms with E-state index in [1.54, 1.807) is 6.08 Å². The van der Waals surface area contributed by atoms with Crippen LogP contribution >= 0.6 is 0 Å². The number of hydrogen-bond acceptors (Lipinski definition) is 2. The monoisotopic (exact) mass is 292 g/mol. The molecule has 0 aliphatic heterocycles. The number of rotatable bonds is 6. The molecule has 0 amide bonds. The highest BCUT2D eigenvalue weighted by Crippen LogP contribution is 2.41. The van der Waals surface area contributed by atoms with Crippen molar-refractivity contribution >= 4 is 5.97 Å². The minimum atomic E-state index is -0.103. The smallest absolute Gasteiger partial charge is 0.309 e. The lowest BCUT2D eigenvalue weighted by molar-refractivity contribution is -0.150. The topological polar surface area (TPSA) is 26.3 Å².